The summed E-state index contributed by atoms with van der Waals surface area (Å²) in [6, 6.07) is 11.4. The highest BCUT2D eigenvalue weighted by molar-refractivity contribution is 6.42. The molecule has 1 N–H and O–H groups in total. The molecule has 104 valence electrons. The lowest BCUT2D eigenvalue weighted by atomic mass is 10.1. The van der Waals surface area contributed by atoms with E-state index in [2.05, 4.69) is 15.2 Å². The van der Waals surface area contributed by atoms with Gasteiger partial charge in [-0.3, -0.25) is 14.7 Å². The van der Waals surface area contributed by atoms with E-state index in [0.29, 0.717) is 5.76 Å². The summed E-state index contributed by atoms with van der Waals surface area (Å²) < 4.78 is 5.34. The van der Waals surface area contributed by atoms with Crippen molar-refractivity contribution in [1.82, 2.24) is 15.2 Å². The Hall–Kier alpha value is -3.02. The third-order valence-electron chi connectivity index (χ3n) is 2.98. The van der Waals surface area contributed by atoms with Gasteiger partial charge >= 0.3 is 0 Å². The molecule has 0 bridgehead atoms. The second-order valence-electron chi connectivity index (χ2n) is 4.43. The van der Waals surface area contributed by atoms with Gasteiger partial charge in [0.2, 0.25) is 5.78 Å². The van der Waals surface area contributed by atoms with E-state index >= 15 is 0 Å². The van der Waals surface area contributed by atoms with E-state index in [4.69, 9.17) is 4.42 Å². The molecule has 0 fully saturated rings. The summed E-state index contributed by atoms with van der Waals surface area (Å²) in [5.41, 5.74) is 1.85. The fraction of sp³-hybridized carbons (Fsp3) is 0.0667. The van der Waals surface area contributed by atoms with Gasteiger partial charge in [-0.2, -0.15) is 5.10 Å². The fourth-order valence-electron chi connectivity index (χ4n) is 1.94. The quantitative estimate of drug-likeness (QED) is 0.571. The van der Waals surface area contributed by atoms with Crippen LogP contribution in [-0.4, -0.2) is 26.7 Å². The molecule has 21 heavy (non-hydrogen) atoms. The monoisotopic (exact) mass is 281 g/mol. The average molecular weight is 281 g/mol. The molecule has 0 radical (unpaired) electrons. The second kappa shape index (κ2) is 5.54. The number of hydrogen-bond acceptors (Lipinski definition) is 5. The predicted octanol–water partition coefficient (Wildman–Crippen LogP) is 2.06. The van der Waals surface area contributed by atoms with E-state index in [9.17, 15) is 9.59 Å². The van der Waals surface area contributed by atoms with Crippen LogP contribution in [0.3, 0.4) is 0 Å². The molecule has 0 saturated heterocycles. The SMILES string of the molecule is O=C(Cc1cc(-c2ccccc2)co1)C(=O)c1ncn[nH]1. The molecule has 2 heterocycles. The first-order chi connectivity index (χ1) is 10.2. The molecular weight excluding hydrogens is 270 g/mol. The van der Waals surface area contributed by atoms with Crippen LogP contribution in [0.4, 0.5) is 0 Å². The van der Waals surface area contributed by atoms with Crippen molar-refractivity contribution >= 4 is 11.6 Å². The molecule has 0 atom stereocenters. The Bertz CT molecular complexity index is 761. The van der Waals surface area contributed by atoms with Gasteiger partial charge in [-0.15, -0.1) is 0 Å². The molecule has 0 spiro atoms. The first kappa shape index (κ1) is 13.0. The molecule has 0 aliphatic heterocycles. The van der Waals surface area contributed by atoms with Crippen LogP contribution in [-0.2, 0) is 11.2 Å². The smallest absolute Gasteiger partial charge is 0.265 e. The number of benzene rings is 1. The molecule has 0 aliphatic carbocycles. The van der Waals surface area contributed by atoms with Crippen LogP contribution in [0.1, 0.15) is 16.4 Å². The van der Waals surface area contributed by atoms with Crippen LogP contribution in [0, 0.1) is 0 Å². The van der Waals surface area contributed by atoms with Gasteiger partial charge in [-0.25, -0.2) is 4.98 Å². The normalized spacial score (nSPS) is 10.5. The van der Waals surface area contributed by atoms with Crippen molar-refractivity contribution in [3.63, 3.8) is 0 Å². The number of H-pyrrole nitrogens is 1. The highest BCUT2D eigenvalue weighted by atomic mass is 16.3. The van der Waals surface area contributed by atoms with Gasteiger partial charge in [0.1, 0.15) is 12.1 Å². The molecule has 3 aromatic rings. The number of hydrogen-bond donors (Lipinski definition) is 1. The van der Waals surface area contributed by atoms with Crippen LogP contribution < -0.4 is 0 Å². The molecular formula is C15H11N3O3. The summed E-state index contributed by atoms with van der Waals surface area (Å²) in [7, 11) is 0. The zero-order valence-corrected chi connectivity index (χ0v) is 10.9. The minimum absolute atomic E-state index is 0.0603. The first-order valence-electron chi connectivity index (χ1n) is 6.30. The van der Waals surface area contributed by atoms with Crippen molar-refractivity contribution in [2.75, 3.05) is 0 Å². The van der Waals surface area contributed by atoms with E-state index in [1.165, 1.54) is 6.33 Å². The Morgan fingerprint density at radius 3 is 2.67 bits per heavy atom. The minimum atomic E-state index is -0.704. The van der Waals surface area contributed by atoms with Crippen molar-refractivity contribution in [3.8, 4) is 11.1 Å². The molecule has 0 saturated carbocycles. The number of nitrogens with zero attached hydrogens (tertiary/aromatic N) is 2. The van der Waals surface area contributed by atoms with Crippen molar-refractivity contribution in [1.29, 1.82) is 0 Å². The lowest BCUT2D eigenvalue weighted by Gasteiger charge is -1.95. The number of ketones is 2. The van der Waals surface area contributed by atoms with Gasteiger partial charge in [-0.05, 0) is 11.6 Å². The van der Waals surface area contributed by atoms with Gasteiger partial charge < -0.3 is 4.42 Å². The third kappa shape index (κ3) is 2.79. The summed E-state index contributed by atoms with van der Waals surface area (Å²) in [4.78, 5) is 27.3. The van der Waals surface area contributed by atoms with Crippen LogP contribution in [0.2, 0.25) is 0 Å². The molecule has 1 aromatic carbocycles. The maximum Gasteiger partial charge on any atom is 0.265 e. The lowest BCUT2D eigenvalue weighted by molar-refractivity contribution is -0.114. The Labute approximate surface area is 119 Å². The van der Waals surface area contributed by atoms with Gasteiger partial charge in [0.25, 0.3) is 5.78 Å². The minimum Gasteiger partial charge on any atom is -0.468 e. The van der Waals surface area contributed by atoms with Crippen LogP contribution >= 0.6 is 0 Å². The molecule has 0 aliphatic rings. The topological polar surface area (TPSA) is 88.8 Å². The molecule has 0 unspecified atom stereocenters. The second-order valence-corrected chi connectivity index (χ2v) is 4.43. The van der Waals surface area contributed by atoms with E-state index in [-0.39, 0.29) is 12.2 Å². The summed E-state index contributed by atoms with van der Waals surface area (Å²) >= 11 is 0. The maximum absolute atomic E-state index is 11.9. The number of aromatic amines is 1. The molecule has 6 nitrogen and oxygen atoms in total. The highest BCUT2D eigenvalue weighted by Gasteiger charge is 2.20. The zero-order valence-electron chi connectivity index (χ0n) is 10.9. The first-order valence-corrected chi connectivity index (χ1v) is 6.30. The van der Waals surface area contributed by atoms with E-state index in [0.717, 1.165) is 11.1 Å². The highest BCUT2D eigenvalue weighted by Crippen LogP contribution is 2.22. The molecule has 6 heteroatoms. The van der Waals surface area contributed by atoms with Crippen LogP contribution in [0.15, 0.2) is 53.4 Å². The number of carbonyl (C=O) groups is 2. The fourth-order valence-corrected chi connectivity index (χ4v) is 1.94. The van der Waals surface area contributed by atoms with Gasteiger partial charge in [-0.1, -0.05) is 30.3 Å². The number of nitrogens with one attached hydrogen (secondary N) is 1. The summed E-state index contributed by atoms with van der Waals surface area (Å²) in [5, 5.41) is 5.92. The number of furan rings is 1. The van der Waals surface area contributed by atoms with Crippen LogP contribution in [0.5, 0.6) is 0 Å². The van der Waals surface area contributed by atoms with Crippen LogP contribution in [0.25, 0.3) is 11.1 Å². The number of rotatable bonds is 5. The van der Waals surface area contributed by atoms with E-state index in [1.807, 2.05) is 30.3 Å². The van der Waals surface area contributed by atoms with Crippen molar-refractivity contribution < 1.29 is 14.0 Å². The number of carbonyl (C=O) groups excluding carboxylic acids is 2. The predicted molar refractivity (Wildman–Crippen MR) is 73.6 cm³/mol. The molecule has 2 aromatic heterocycles. The van der Waals surface area contributed by atoms with Gasteiger partial charge in [0, 0.05) is 5.56 Å². The van der Waals surface area contributed by atoms with Gasteiger partial charge in [0.15, 0.2) is 5.82 Å². The van der Waals surface area contributed by atoms with Crippen molar-refractivity contribution in [2.24, 2.45) is 0 Å². The largest absolute Gasteiger partial charge is 0.468 e. The van der Waals surface area contributed by atoms with Gasteiger partial charge in [0.05, 0.1) is 12.7 Å². The summed E-state index contributed by atoms with van der Waals surface area (Å²) in [6.07, 6.45) is 2.64. The van der Waals surface area contributed by atoms with Crippen molar-refractivity contribution in [2.45, 2.75) is 6.42 Å². The van der Waals surface area contributed by atoms with E-state index in [1.54, 1.807) is 12.3 Å². The van der Waals surface area contributed by atoms with E-state index < -0.39 is 11.6 Å². The standard InChI is InChI=1S/C15H11N3O3/c19-13(14(20)15-16-9-17-18-15)7-12-6-11(8-21-12)10-4-2-1-3-5-10/h1-6,8-9H,7H2,(H,16,17,18). The number of aromatic nitrogens is 3. The summed E-state index contributed by atoms with van der Waals surface area (Å²) in [5.74, 6) is -0.924. The third-order valence-corrected chi connectivity index (χ3v) is 2.98. The molecule has 3 rings (SSSR count). The summed E-state index contributed by atoms with van der Waals surface area (Å²) in [6.45, 7) is 0. The van der Waals surface area contributed by atoms with Crippen molar-refractivity contribution in [3.05, 3.63) is 60.6 Å². The molecule has 0 amide bonds. The number of Topliss-reactive ketones (excluding diaryl/α,β-unsaturated/α-hetero) is 2. The lowest BCUT2D eigenvalue weighted by Crippen LogP contribution is -2.17. The zero-order chi connectivity index (χ0) is 14.7. The maximum atomic E-state index is 11.9. The average Bonchev–Trinajstić information content (AvgIpc) is 3.19. The Balaban J connectivity index is 1.73. The Morgan fingerprint density at radius 1 is 1.14 bits per heavy atom. The Morgan fingerprint density at radius 2 is 1.95 bits per heavy atom. The Kier molecular flexibility index (Phi) is 3.42.